The summed E-state index contributed by atoms with van der Waals surface area (Å²) in [6.07, 6.45) is 4.00. The molecular formula is C32H44F2N2O8S4. The summed E-state index contributed by atoms with van der Waals surface area (Å²) >= 11 is 3.09. The number of rotatable bonds is 12. The molecule has 0 saturated heterocycles. The number of nitrogens with one attached hydrogen (secondary N) is 2. The monoisotopic (exact) mass is 750 g/mol. The first-order valence-corrected chi connectivity index (χ1v) is 20.2. The van der Waals surface area contributed by atoms with Crippen molar-refractivity contribution in [3.05, 3.63) is 72.3 Å². The van der Waals surface area contributed by atoms with Gasteiger partial charge in [0.2, 0.25) is 0 Å². The first kappa shape index (κ1) is 42.9. The van der Waals surface area contributed by atoms with Crippen LogP contribution in [0.5, 0.6) is 0 Å². The SMILES string of the molecule is CC(C)(C)OC(=O)NC/C=C(\F)CS(=O)(=O)c1ccc(S(C)(=O)=O)cc1.CSc1ccc(SC/C(F)=C/CNC(=O)OC(C)(C)C)cc1. The second-order valence-corrected chi connectivity index (χ2v) is 18.0. The molecule has 2 N–H and O–H groups in total. The molecule has 0 unspecified atom stereocenters. The maximum atomic E-state index is 13.8. The van der Waals surface area contributed by atoms with E-state index in [1.54, 1.807) is 53.3 Å². The van der Waals surface area contributed by atoms with Crippen LogP contribution in [0, 0.1) is 0 Å². The van der Waals surface area contributed by atoms with Crippen molar-refractivity contribution in [3.63, 3.8) is 0 Å². The highest BCUT2D eigenvalue weighted by Gasteiger charge is 2.19. The lowest BCUT2D eigenvalue weighted by atomic mass is 10.2. The second-order valence-electron chi connectivity index (χ2n) is 12.0. The summed E-state index contributed by atoms with van der Waals surface area (Å²) in [6, 6.07) is 12.5. The number of carbonyl (C=O) groups excluding carboxylic acids is 2. The third kappa shape index (κ3) is 19.1. The van der Waals surface area contributed by atoms with E-state index < -0.39 is 54.6 Å². The molecule has 0 radical (unpaired) electrons. The lowest BCUT2D eigenvalue weighted by molar-refractivity contribution is 0.0522. The number of thioether (sulfide) groups is 2. The van der Waals surface area contributed by atoms with Crippen molar-refractivity contribution in [1.29, 1.82) is 0 Å². The summed E-state index contributed by atoms with van der Waals surface area (Å²) in [5.41, 5.74) is -1.25. The van der Waals surface area contributed by atoms with Gasteiger partial charge >= 0.3 is 12.2 Å². The van der Waals surface area contributed by atoms with Crippen LogP contribution in [0.25, 0.3) is 0 Å². The minimum Gasteiger partial charge on any atom is -0.444 e. The Morgan fingerprint density at radius 1 is 0.729 bits per heavy atom. The summed E-state index contributed by atoms with van der Waals surface area (Å²) in [6.45, 7) is 10.2. The fourth-order valence-electron chi connectivity index (χ4n) is 3.22. The molecule has 268 valence electrons. The number of halogens is 2. The fraction of sp³-hybridized carbons (Fsp3) is 0.438. The van der Waals surface area contributed by atoms with Crippen molar-refractivity contribution in [2.24, 2.45) is 0 Å². The number of alkyl carbamates (subject to hydrolysis) is 2. The number of amides is 2. The Hall–Kier alpha value is -3.08. The average Bonchev–Trinajstić information content (AvgIpc) is 2.94. The molecule has 0 aliphatic heterocycles. The van der Waals surface area contributed by atoms with Crippen molar-refractivity contribution in [2.45, 2.75) is 72.3 Å². The minimum atomic E-state index is -3.98. The van der Waals surface area contributed by atoms with Crippen LogP contribution in [0.4, 0.5) is 18.4 Å². The zero-order valence-corrected chi connectivity index (χ0v) is 31.5. The van der Waals surface area contributed by atoms with Crippen LogP contribution in [0.3, 0.4) is 0 Å². The molecule has 0 aromatic heterocycles. The van der Waals surface area contributed by atoms with E-state index in [0.717, 1.165) is 41.5 Å². The van der Waals surface area contributed by atoms with Crippen LogP contribution in [0.2, 0.25) is 0 Å². The maximum absolute atomic E-state index is 13.8. The molecule has 0 aliphatic rings. The predicted molar refractivity (Wildman–Crippen MR) is 187 cm³/mol. The van der Waals surface area contributed by atoms with E-state index in [1.807, 2.05) is 30.5 Å². The van der Waals surface area contributed by atoms with Gasteiger partial charge in [0.15, 0.2) is 19.7 Å². The summed E-state index contributed by atoms with van der Waals surface area (Å²) < 4.78 is 84.6. The molecule has 10 nitrogen and oxygen atoms in total. The largest absolute Gasteiger partial charge is 0.444 e. The minimum absolute atomic E-state index is 0.0333. The highest BCUT2D eigenvalue weighted by molar-refractivity contribution is 7.99. The van der Waals surface area contributed by atoms with E-state index in [-0.39, 0.29) is 34.5 Å². The normalized spacial score (nSPS) is 12.8. The Bertz CT molecular complexity index is 1630. The van der Waals surface area contributed by atoms with Crippen molar-refractivity contribution < 1.29 is 44.7 Å². The van der Waals surface area contributed by atoms with Gasteiger partial charge in [-0.2, -0.15) is 0 Å². The maximum Gasteiger partial charge on any atom is 0.407 e. The zero-order valence-electron chi connectivity index (χ0n) is 28.3. The van der Waals surface area contributed by atoms with Gasteiger partial charge in [-0.15, -0.1) is 23.5 Å². The van der Waals surface area contributed by atoms with Gasteiger partial charge in [-0.3, -0.25) is 0 Å². The van der Waals surface area contributed by atoms with Crippen molar-refractivity contribution >= 4 is 55.4 Å². The Morgan fingerprint density at radius 3 is 1.56 bits per heavy atom. The van der Waals surface area contributed by atoms with E-state index in [1.165, 1.54) is 22.7 Å². The summed E-state index contributed by atoms with van der Waals surface area (Å²) in [5.74, 6) is -1.88. The van der Waals surface area contributed by atoms with Gasteiger partial charge in [-0.25, -0.2) is 35.2 Å². The van der Waals surface area contributed by atoms with Gasteiger partial charge in [0.25, 0.3) is 0 Å². The molecule has 0 spiro atoms. The molecule has 0 aliphatic carbocycles. The standard InChI is InChI=1S/C16H22FNO6S2.C16H22FNO2S2/c1-16(2,3)24-15(19)18-10-9-12(17)11-26(22,23)14-7-5-13(6-8-14)25(4,20)21;1-16(2,3)20-15(19)18-10-9-12(17)11-22-14-7-5-13(21-4)6-8-14/h5-9H,10-11H2,1-4H3,(H,18,19);5-9H,10-11H2,1-4H3,(H,18,19)/b2*12-9-. The Morgan fingerprint density at radius 2 is 1.15 bits per heavy atom. The third-order valence-electron chi connectivity index (χ3n) is 5.31. The average molecular weight is 751 g/mol. The highest BCUT2D eigenvalue weighted by Crippen LogP contribution is 2.24. The van der Waals surface area contributed by atoms with Gasteiger partial charge in [0.1, 0.15) is 28.6 Å². The molecule has 48 heavy (non-hydrogen) atoms. The molecule has 0 saturated carbocycles. The predicted octanol–water partition coefficient (Wildman–Crippen LogP) is 7.12. The molecule has 2 rings (SSSR count). The van der Waals surface area contributed by atoms with Crippen molar-refractivity contribution in [1.82, 2.24) is 10.6 Å². The summed E-state index contributed by atoms with van der Waals surface area (Å²) in [5, 5.41) is 4.77. The van der Waals surface area contributed by atoms with Gasteiger partial charge in [0.05, 0.1) is 9.79 Å². The third-order valence-corrected chi connectivity index (χ3v) is 9.86. The lowest BCUT2D eigenvalue weighted by Crippen LogP contribution is -2.32. The van der Waals surface area contributed by atoms with Crippen LogP contribution < -0.4 is 10.6 Å². The van der Waals surface area contributed by atoms with Crippen molar-refractivity contribution in [2.75, 3.05) is 37.1 Å². The number of carbonyl (C=O) groups is 2. The van der Waals surface area contributed by atoms with Gasteiger partial charge in [0, 0.05) is 34.9 Å². The highest BCUT2D eigenvalue weighted by atomic mass is 32.2. The van der Waals surface area contributed by atoms with E-state index in [2.05, 4.69) is 10.6 Å². The Kier molecular flexibility index (Phi) is 17.2. The van der Waals surface area contributed by atoms with Crippen LogP contribution in [0.15, 0.2) is 91.9 Å². The zero-order chi connectivity index (χ0) is 36.8. The Labute approximate surface area is 291 Å². The fourth-order valence-corrected chi connectivity index (χ4v) is 6.21. The number of sulfone groups is 2. The molecule has 16 heteroatoms. The van der Waals surface area contributed by atoms with E-state index in [9.17, 15) is 35.2 Å². The number of benzene rings is 2. The van der Waals surface area contributed by atoms with Gasteiger partial charge in [-0.1, -0.05) is 0 Å². The van der Waals surface area contributed by atoms with Gasteiger partial charge < -0.3 is 20.1 Å². The van der Waals surface area contributed by atoms with Crippen LogP contribution in [-0.2, 0) is 29.1 Å². The first-order valence-electron chi connectivity index (χ1n) is 14.4. The smallest absolute Gasteiger partial charge is 0.407 e. The van der Waals surface area contributed by atoms with Crippen LogP contribution in [-0.4, -0.2) is 77.3 Å². The van der Waals surface area contributed by atoms with Crippen LogP contribution in [0.1, 0.15) is 41.5 Å². The lowest BCUT2D eigenvalue weighted by Gasteiger charge is -2.19. The molecule has 2 aromatic rings. The molecule has 2 amide bonds. The second kappa shape index (κ2) is 19.2. The van der Waals surface area contributed by atoms with Gasteiger partial charge in [-0.05, 0) is 108 Å². The van der Waals surface area contributed by atoms with E-state index in [4.69, 9.17) is 9.47 Å². The van der Waals surface area contributed by atoms with Crippen molar-refractivity contribution in [3.8, 4) is 0 Å². The molecule has 0 atom stereocenters. The first-order chi connectivity index (χ1) is 22.0. The quantitative estimate of drug-likeness (QED) is 0.215. The molecule has 0 bridgehead atoms. The van der Waals surface area contributed by atoms with E-state index >= 15 is 0 Å². The molecule has 2 aromatic carbocycles. The summed E-state index contributed by atoms with van der Waals surface area (Å²) in [4.78, 5) is 24.8. The van der Waals surface area contributed by atoms with E-state index in [0.29, 0.717) is 0 Å². The topological polar surface area (TPSA) is 145 Å². The Balaban J connectivity index is 0.000000487. The number of ether oxygens (including phenoxy) is 2. The molecule has 0 fully saturated rings. The summed E-state index contributed by atoms with van der Waals surface area (Å²) in [7, 11) is -7.44. The number of hydrogen-bond acceptors (Lipinski definition) is 10. The van der Waals surface area contributed by atoms with Crippen LogP contribution >= 0.6 is 23.5 Å². The molecule has 0 heterocycles. The molecular weight excluding hydrogens is 707 g/mol. The number of hydrogen-bond donors (Lipinski definition) is 2.